The summed E-state index contributed by atoms with van der Waals surface area (Å²) in [6.07, 6.45) is 29.4. The molecule has 0 fully saturated rings. The van der Waals surface area contributed by atoms with E-state index in [1.54, 1.807) is 23.0 Å². The van der Waals surface area contributed by atoms with Crippen LogP contribution in [0.2, 0.25) is 0 Å². The van der Waals surface area contributed by atoms with Gasteiger partial charge in [-0.1, -0.05) is 130 Å². The molecule has 0 radical (unpaired) electrons. The maximum absolute atomic E-state index is 2.41. The summed E-state index contributed by atoms with van der Waals surface area (Å²) in [7, 11) is -0.333. The van der Waals surface area contributed by atoms with Gasteiger partial charge in [-0.15, -0.1) is 0 Å². The number of hydrogen-bond acceptors (Lipinski definition) is 0. The minimum atomic E-state index is -0.333. The van der Waals surface area contributed by atoms with Crippen LogP contribution in [0.5, 0.6) is 0 Å². The molecule has 1 atom stereocenters. The Bertz CT molecular complexity index is 301. The van der Waals surface area contributed by atoms with Gasteiger partial charge >= 0.3 is 0 Å². The maximum Gasteiger partial charge on any atom is -0.0228 e. The Morgan fingerprint density at radius 1 is 0.276 bits per heavy atom. The first-order valence-corrected chi connectivity index (χ1v) is 16.3. The van der Waals surface area contributed by atoms with Crippen molar-refractivity contribution in [2.45, 2.75) is 156 Å². The molecule has 0 aromatic rings. The molecular weight excluding hydrogens is 368 g/mol. The van der Waals surface area contributed by atoms with E-state index in [4.69, 9.17) is 0 Å². The van der Waals surface area contributed by atoms with Gasteiger partial charge in [0.2, 0.25) is 0 Å². The Balaban J connectivity index is 4.43. The van der Waals surface area contributed by atoms with Crippen LogP contribution in [0.15, 0.2) is 0 Å². The van der Waals surface area contributed by atoms with Crippen LogP contribution in [0.1, 0.15) is 156 Å². The number of hydrogen-bond donors (Lipinski definition) is 0. The van der Waals surface area contributed by atoms with Gasteiger partial charge in [0.15, 0.2) is 0 Å². The van der Waals surface area contributed by atoms with Gasteiger partial charge in [0.25, 0.3) is 0 Å². The van der Waals surface area contributed by atoms with E-state index in [-0.39, 0.29) is 10.0 Å². The SMILES string of the molecule is CCCCCCCCCCS(CCCC)(CCCCCC)CCCCCCCC. The molecule has 0 bridgehead atoms. The number of rotatable bonds is 24. The Labute approximate surface area is 189 Å². The van der Waals surface area contributed by atoms with Crippen molar-refractivity contribution < 1.29 is 0 Å². The van der Waals surface area contributed by atoms with Gasteiger partial charge in [0, 0.05) is 0 Å². The molecule has 0 nitrogen and oxygen atoms in total. The fourth-order valence-electron chi connectivity index (χ4n) is 4.63. The van der Waals surface area contributed by atoms with E-state index in [1.165, 1.54) is 128 Å². The van der Waals surface area contributed by atoms with Crippen LogP contribution >= 0.6 is 10.0 Å². The molecule has 0 heterocycles. The minimum Gasteiger partial charge on any atom is -0.241 e. The summed E-state index contributed by atoms with van der Waals surface area (Å²) in [5.41, 5.74) is 0. The fraction of sp³-hybridized carbons (Fsp3) is 1.00. The average Bonchev–Trinajstić information content (AvgIpc) is 2.74. The highest BCUT2D eigenvalue weighted by molar-refractivity contribution is 8.33. The van der Waals surface area contributed by atoms with Crippen molar-refractivity contribution >= 4 is 10.0 Å². The first-order valence-electron chi connectivity index (χ1n) is 14.0. The van der Waals surface area contributed by atoms with Crippen molar-refractivity contribution in [2.24, 2.45) is 0 Å². The molecule has 0 aliphatic rings. The second kappa shape index (κ2) is 23.0. The van der Waals surface area contributed by atoms with Crippen molar-refractivity contribution in [3.05, 3.63) is 0 Å². The van der Waals surface area contributed by atoms with E-state index < -0.39 is 0 Å². The lowest BCUT2D eigenvalue weighted by atomic mass is 10.1. The van der Waals surface area contributed by atoms with Crippen LogP contribution < -0.4 is 0 Å². The van der Waals surface area contributed by atoms with Crippen LogP contribution in [-0.2, 0) is 0 Å². The van der Waals surface area contributed by atoms with E-state index in [2.05, 4.69) is 27.7 Å². The Morgan fingerprint density at radius 3 is 0.862 bits per heavy atom. The third-order valence-corrected chi connectivity index (χ3v) is 11.3. The number of unbranched alkanes of at least 4 members (excludes halogenated alkanes) is 16. The maximum atomic E-state index is 2.41. The van der Waals surface area contributed by atoms with Gasteiger partial charge in [-0.2, -0.15) is 0 Å². The summed E-state index contributed by atoms with van der Waals surface area (Å²) < 4.78 is 0. The molecule has 0 aliphatic carbocycles. The summed E-state index contributed by atoms with van der Waals surface area (Å²) in [6.45, 7) is 9.42. The second-order valence-corrected chi connectivity index (χ2v) is 13.8. The molecule has 0 rings (SSSR count). The topological polar surface area (TPSA) is 0 Å². The minimum absolute atomic E-state index is 0.333. The van der Waals surface area contributed by atoms with Crippen LogP contribution in [-0.4, -0.2) is 23.0 Å². The smallest absolute Gasteiger partial charge is 0.0228 e. The van der Waals surface area contributed by atoms with Gasteiger partial charge in [0.1, 0.15) is 0 Å². The van der Waals surface area contributed by atoms with Gasteiger partial charge in [0.05, 0.1) is 0 Å². The predicted octanol–water partition coefficient (Wildman–Crippen LogP) is 10.7. The molecule has 0 saturated heterocycles. The summed E-state index contributed by atoms with van der Waals surface area (Å²) in [4.78, 5) is 0. The van der Waals surface area contributed by atoms with Crippen molar-refractivity contribution in [1.29, 1.82) is 0 Å². The summed E-state index contributed by atoms with van der Waals surface area (Å²) >= 11 is 0. The lowest BCUT2D eigenvalue weighted by molar-refractivity contribution is 0.585. The second-order valence-electron chi connectivity index (χ2n) is 9.70. The monoisotopic (exact) mass is 428 g/mol. The first-order chi connectivity index (χ1) is 14.2. The molecule has 178 valence electrons. The van der Waals surface area contributed by atoms with E-state index in [9.17, 15) is 0 Å². The Morgan fingerprint density at radius 2 is 0.517 bits per heavy atom. The normalized spacial score (nSPS) is 14.8. The lowest BCUT2D eigenvalue weighted by Crippen LogP contribution is -2.18. The molecule has 0 spiro atoms. The highest BCUT2D eigenvalue weighted by Gasteiger charge is 2.22. The first kappa shape index (κ1) is 29.4. The van der Waals surface area contributed by atoms with E-state index >= 15 is 0 Å². The van der Waals surface area contributed by atoms with Gasteiger partial charge in [-0.3, -0.25) is 0 Å². The quantitative estimate of drug-likeness (QED) is 0.134. The molecule has 0 aromatic carbocycles. The van der Waals surface area contributed by atoms with Crippen molar-refractivity contribution in [2.75, 3.05) is 23.0 Å². The van der Waals surface area contributed by atoms with E-state index in [1.807, 2.05) is 0 Å². The zero-order valence-corrected chi connectivity index (χ0v) is 22.2. The van der Waals surface area contributed by atoms with Crippen LogP contribution in [0.3, 0.4) is 0 Å². The zero-order valence-electron chi connectivity index (χ0n) is 21.4. The molecule has 0 N–H and O–H groups in total. The Kier molecular flexibility index (Phi) is 23.3. The van der Waals surface area contributed by atoms with Crippen molar-refractivity contribution in [3.8, 4) is 0 Å². The lowest BCUT2D eigenvalue weighted by Gasteiger charge is -2.41. The Hall–Kier alpha value is 0.350. The molecule has 1 unspecified atom stereocenters. The van der Waals surface area contributed by atoms with E-state index in [0.29, 0.717) is 0 Å². The van der Waals surface area contributed by atoms with Gasteiger partial charge < -0.3 is 0 Å². The van der Waals surface area contributed by atoms with Gasteiger partial charge in [-0.05, 0) is 48.7 Å². The third kappa shape index (κ3) is 18.8. The highest BCUT2D eigenvalue weighted by atomic mass is 32.3. The largest absolute Gasteiger partial charge is 0.241 e. The predicted molar refractivity (Wildman–Crippen MR) is 142 cm³/mol. The molecule has 0 amide bonds. The molecule has 1 heteroatoms. The summed E-state index contributed by atoms with van der Waals surface area (Å²) in [5, 5.41) is 0. The van der Waals surface area contributed by atoms with E-state index in [0.717, 1.165) is 0 Å². The molecule has 0 saturated carbocycles. The summed E-state index contributed by atoms with van der Waals surface area (Å²) in [6, 6.07) is 0. The van der Waals surface area contributed by atoms with Crippen molar-refractivity contribution in [3.63, 3.8) is 0 Å². The molecule has 0 aromatic heterocycles. The van der Waals surface area contributed by atoms with Crippen molar-refractivity contribution in [1.82, 2.24) is 0 Å². The molecular formula is C28H60S. The van der Waals surface area contributed by atoms with Crippen LogP contribution in [0.25, 0.3) is 0 Å². The molecule has 29 heavy (non-hydrogen) atoms. The van der Waals surface area contributed by atoms with Gasteiger partial charge in [-0.25, -0.2) is 10.0 Å². The standard InChI is InChI=1S/C28H60S/c1-5-9-13-16-18-19-21-24-28-29(25-12-8-4,26-22-15-11-7-3)27-23-20-17-14-10-6-2/h5-28H2,1-4H3. The van der Waals surface area contributed by atoms with Crippen LogP contribution in [0.4, 0.5) is 0 Å². The highest BCUT2D eigenvalue weighted by Crippen LogP contribution is 2.51. The summed E-state index contributed by atoms with van der Waals surface area (Å²) in [5.74, 6) is 6.43. The zero-order chi connectivity index (χ0) is 21.5. The average molecular weight is 429 g/mol. The molecule has 0 aliphatic heterocycles. The van der Waals surface area contributed by atoms with Crippen LogP contribution in [0, 0.1) is 0 Å². The fourth-order valence-corrected chi connectivity index (χ4v) is 9.20. The third-order valence-electron chi connectivity index (χ3n) is 6.72.